The molecule has 1 aromatic carbocycles. The minimum atomic E-state index is 0.807. The summed E-state index contributed by atoms with van der Waals surface area (Å²) in [5.41, 5.74) is 1.53. The molecular weight excluding hydrogens is 296 g/mol. The molecule has 1 saturated heterocycles. The van der Waals surface area contributed by atoms with Crippen molar-refractivity contribution in [3.8, 4) is 0 Å². The Balaban J connectivity index is 0.000000159. The smallest absolute Gasteiger partial charge is 0.209 e. The van der Waals surface area contributed by atoms with E-state index < -0.39 is 0 Å². The molecule has 0 unspecified atom stereocenters. The van der Waals surface area contributed by atoms with Gasteiger partial charge in [-0.15, -0.1) is 0 Å². The number of hydrogen-bond acceptors (Lipinski definition) is 2. The number of piperazine rings is 1. The van der Waals surface area contributed by atoms with Crippen molar-refractivity contribution in [2.24, 2.45) is 0 Å². The highest BCUT2D eigenvalue weighted by Gasteiger charge is 2.23. The maximum atomic E-state index is 10.6. The van der Waals surface area contributed by atoms with Crippen LogP contribution in [0.2, 0.25) is 0 Å². The molecule has 132 valence electrons. The van der Waals surface area contributed by atoms with Crippen LogP contribution in [-0.4, -0.2) is 48.4 Å². The van der Waals surface area contributed by atoms with Gasteiger partial charge in [-0.1, -0.05) is 56.0 Å². The summed E-state index contributed by atoms with van der Waals surface area (Å²) in [6.45, 7) is 4.03. The summed E-state index contributed by atoms with van der Waals surface area (Å²) >= 11 is 0. The Morgan fingerprint density at radius 1 is 0.792 bits per heavy atom. The maximum Gasteiger partial charge on any atom is 0.209 e. The molecule has 0 aromatic heterocycles. The first-order valence-electron chi connectivity index (χ1n) is 9.85. The zero-order valence-corrected chi connectivity index (χ0v) is 14.9. The summed E-state index contributed by atoms with van der Waals surface area (Å²) in [6.07, 6.45) is 12.2. The molecule has 0 bridgehead atoms. The maximum absolute atomic E-state index is 10.6. The van der Waals surface area contributed by atoms with Crippen molar-refractivity contribution in [2.45, 2.75) is 63.3 Å². The number of rotatable bonds is 3. The third-order valence-electron chi connectivity index (χ3n) is 5.69. The van der Waals surface area contributed by atoms with Crippen LogP contribution in [0.5, 0.6) is 0 Å². The average molecular weight is 329 g/mol. The fraction of sp³-hybridized carbons (Fsp3) is 0.667. The minimum Gasteiger partial charge on any atom is -0.343 e. The molecule has 2 aliphatic carbocycles. The summed E-state index contributed by atoms with van der Waals surface area (Å²) in [5.74, 6) is 0.909. The van der Waals surface area contributed by atoms with Crippen LogP contribution in [0.3, 0.4) is 0 Å². The molecule has 3 aliphatic rings. The van der Waals surface area contributed by atoms with E-state index in [9.17, 15) is 4.79 Å². The van der Waals surface area contributed by atoms with E-state index in [1.165, 1.54) is 56.9 Å². The van der Waals surface area contributed by atoms with Crippen molar-refractivity contribution >= 4 is 6.41 Å². The Labute approximate surface area is 147 Å². The fourth-order valence-electron chi connectivity index (χ4n) is 3.97. The van der Waals surface area contributed by atoms with Gasteiger partial charge in [-0.3, -0.25) is 9.69 Å². The van der Waals surface area contributed by atoms with Crippen LogP contribution in [0.15, 0.2) is 30.3 Å². The molecular formula is C21H32N2O. The van der Waals surface area contributed by atoms with Gasteiger partial charge in [0, 0.05) is 32.2 Å². The standard InChI is InChI=1S/C12H22N2O.C9H10/c15-11-13-7-9-14(10-8-13)12-5-3-1-2-4-6-12;1-2-4-8(5-3-1)9-6-7-9/h11-12H,1-10H2;1-5,9H,6-7H2. The van der Waals surface area contributed by atoms with Gasteiger partial charge in [0.05, 0.1) is 0 Å². The van der Waals surface area contributed by atoms with E-state index in [2.05, 4.69) is 35.2 Å². The third kappa shape index (κ3) is 5.34. The molecule has 24 heavy (non-hydrogen) atoms. The molecule has 0 radical (unpaired) electrons. The van der Waals surface area contributed by atoms with E-state index >= 15 is 0 Å². The summed E-state index contributed by atoms with van der Waals surface area (Å²) in [5, 5.41) is 0. The lowest BCUT2D eigenvalue weighted by molar-refractivity contribution is -0.120. The highest BCUT2D eigenvalue weighted by Crippen LogP contribution is 2.39. The van der Waals surface area contributed by atoms with Gasteiger partial charge in [-0.2, -0.15) is 0 Å². The number of hydrogen-bond donors (Lipinski definition) is 0. The molecule has 3 nitrogen and oxygen atoms in total. The Hall–Kier alpha value is -1.35. The van der Waals surface area contributed by atoms with E-state index in [1.807, 2.05) is 4.90 Å². The van der Waals surface area contributed by atoms with Crippen molar-refractivity contribution in [1.82, 2.24) is 9.80 Å². The predicted octanol–water partition coefficient (Wildman–Crippen LogP) is 4.05. The first kappa shape index (κ1) is 17.5. The molecule has 3 heteroatoms. The molecule has 1 heterocycles. The third-order valence-corrected chi connectivity index (χ3v) is 5.69. The van der Waals surface area contributed by atoms with Gasteiger partial charge in [0.1, 0.15) is 0 Å². The first-order valence-corrected chi connectivity index (χ1v) is 9.85. The molecule has 4 rings (SSSR count). The van der Waals surface area contributed by atoms with Gasteiger partial charge in [0.2, 0.25) is 6.41 Å². The number of carbonyl (C=O) groups excluding carboxylic acids is 1. The van der Waals surface area contributed by atoms with Crippen molar-refractivity contribution in [2.75, 3.05) is 26.2 Å². The summed E-state index contributed by atoms with van der Waals surface area (Å²) < 4.78 is 0. The molecule has 1 aromatic rings. The second-order valence-corrected chi connectivity index (χ2v) is 7.51. The monoisotopic (exact) mass is 328 g/mol. The lowest BCUT2D eigenvalue weighted by Crippen LogP contribution is -2.49. The van der Waals surface area contributed by atoms with Gasteiger partial charge >= 0.3 is 0 Å². The lowest BCUT2D eigenvalue weighted by atomic mass is 10.1. The number of nitrogens with zero attached hydrogens (tertiary/aromatic N) is 2. The van der Waals surface area contributed by atoms with E-state index in [4.69, 9.17) is 0 Å². The van der Waals surface area contributed by atoms with E-state index in [1.54, 1.807) is 0 Å². The SMILES string of the molecule is O=CN1CCN(C2CCCCCC2)CC1.c1ccc(C2CC2)cc1. The van der Waals surface area contributed by atoms with Crippen LogP contribution >= 0.6 is 0 Å². The fourth-order valence-corrected chi connectivity index (χ4v) is 3.97. The summed E-state index contributed by atoms with van der Waals surface area (Å²) in [6, 6.07) is 11.6. The zero-order chi connectivity index (χ0) is 16.6. The summed E-state index contributed by atoms with van der Waals surface area (Å²) in [7, 11) is 0. The average Bonchev–Trinajstić information content (AvgIpc) is 3.50. The minimum absolute atomic E-state index is 0.807. The first-order chi connectivity index (χ1) is 11.9. The van der Waals surface area contributed by atoms with Gasteiger partial charge in [-0.05, 0) is 37.2 Å². The topological polar surface area (TPSA) is 23.6 Å². The van der Waals surface area contributed by atoms with Crippen LogP contribution in [0.1, 0.15) is 62.8 Å². The number of carbonyl (C=O) groups is 1. The summed E-state index contributed by atoms with van der Waals surface area (Å²) in [4.78, 5) is 15.1. The molecule has 1 amide bonds. The predicted molar refractivity (Wildman–Crippen MR) is 99.1 cm³/mol. The van der Waals surface area contributed by atoms with Gasteiger partial charge in [-0.25, -0.2) is 0 Å². The largest absolute Gasteiger partial charge is 0.343 e. The Kier molecular flexibility index (Phi) is 6.71. The van der Waals surface area contributed by atoms with E-state index in [0.29, 0.717) is 0 Å². The van der Waals surface area contributed by atoms with Gasteiger partial charge in [0.25, 0.3) is 0 Å². The molecule has 3 fully saturated rings. The Morgan fingerprint density at radius 2 is 1.42 bits per heavy atom. The lowest BCUT2D eigenvalue weighted by Gasteiger charge is -2.37. The normalized spacial score (nSPS) is 23.1. The van der Waals surface area contributed by atoms with Crippen LogP contribution in [0.4, 0.5) is 0 Å². The van der Waals surface area contributed by atoms with Crippen molar-refractivity contribution in [3.63, 3.8) is 0 Å². The Bertz CT molecular complexity index is 470. The van der Waals surface area contributed by atoms with Crippen molar-refractivity contribution < 1.29 is 4.79 Å². The van der Waals surface area contributed by atoms with Crippen LogP contribution < -0.4 is 0 Å². The van der Waals surface area contributed by atoms with E-state index in [0.717, 1.165) is 44.5 Å². The van der Waals surface area contributed by atoms with E-state index in [-0.39, 0.29) is 0 Å². The molecule has 1 aliphatic heterocycles. The quantitative estimate of drug-likeness (QED) is 0.617. The number of amides is 1. The highest BCUT2D eigenvalue weighted by molar-refractivity contribution is 5.47. The van der Waals surface area contributed by atoms with Crippen LogP contribution in [0, 0.1) is 0 Å². The molecule has 0 N–H and O–H groups in total. The molecule has 2 saturated carbocycles. The molecule has 0 atom stereocenters. The van der Waals surface area contributed by atoms with Gasteiger partial charge < -0.3 is 4.90 Å². The second kappa shape index (κ2) is 9.22. The van der Waals surface area contributed by atoms with Crippen molar-refractivity contribution in [1.29, 1.82) is 0 Å². The van der Waals surface area contributed by atoms with Crippen molar-refractivity contribution in [3.05, 3.63) is 35.9 Å². The van der Waals surface area contributed by atoms with Crippen LogP contribution in [0.25, 0.3) is 0 Å². The Morgan fingerprint density at radius 3 is 1.96 bits per heavy atom. The second-order valence-electron chi connectivity index (χ2n) is 7.51. The van der Waals surface area contributed by atoms with Crippen LogP contribution in [-0.2, 0) is 4.79 Å². The van der Waals surface area contributed by atoms with Gasteiger partial charge in [0.15, 0.2) is 0 Å². The molecule has 0 spiro atoms. The number of benzene rings is 1. The highest BCUT2D eigenvalue weighted by atomic mass is 16.1. The zero-order valence-electron chi connectivity index (χ0n) is 14.9.